The molecule has 0 aliphatic heterocycles. The number of methoxy groups -OCH3 is 2. The van der Waals surface area contributed by atoms with E-state index in [2.05, 4.69) is 6.58 Å². The highest BCUT2D eigenvalue weighted by atomic mass is 16.5. The highest BCUT2D eigenvalue weighted by Gasteiger charge is 2.15. The number of benzene rings is 1. The van der Waals surface area contributed by atoms with Crippen molar-refractivity contribution in [2.45, 2.75) is 0 Å². The summed E-state index contributed by atoms with van der Waals surface area (Å²) in [5.74, 6) is 0.395. The summed E-state index contributed by atoms with van der Waals surface area (Å²) in [5.41, 5.74) is 6.77. The van der Waals surface area contributed by atoms with Crippen molar-refractivity contribution in [2.75, 3.05) is 39.6 Å². The molecule has 0 heterocycles. The highest BCUT2D eigenvalue weighted by Crippen LogP contribution is 2.22. The van der Waals surface area contributed by atoms with Gasteiger partial charge in [0.15, 0.2) is 0 Å². The van der Waals surface area contributed by atoms with Crippen molar-refractivity contribution >= 4 is 11.6 Å². The third kappa shape index (κ3) is 3.99. The molecule has 19 heavy (non-hydrogen) atoms. The Bertz CT molecular complexity index is 446. The normalized spacial score (nSPS) is 10.0. The molecule has 1 aromatic rings. The molecule has 5 heteroatoms. The van der Waals surface area contributed by atoms with Crippen molar-refractivity contribution in [1.82, 2.24) is 4.90 Å². The van der Waals surface area contributed by atoms with Crippen LogP contribution in [0.25, 0.3) is 0 Å². The standard InChI is InChI=1S/C14H20N2O3/c1-4-7-16(8-9-18-2)14(17)11-5-6-12(15)13(10-11)19-3/h4-6,10H,1,7-9,15H2,2-3H3. The maximum absolute atomic E-state index is 12.3. The molecule has 1 aromatic carbocycles. The van der Waals surface area contributed by atoms with Crippen LogP contribution in [0.4, 0.5) is 5.69 Å². The monoisotopic (exact) mass is 264 g/mol. The summed E-state index contributed by atoms with van der Waals surface area (Å²) in [6.07, 6.45) is 1.68. The van der Waals surface area contributed by atoms with Gasteiger partial charge in [-0.3, -0.25) is 4.79 Å². The van der Waals surface area contributed by atoms with Crippen LogP contribution in [0, 0.1) is 0 Å². The van der Waals surface area contributed by atoms with Crippen LogP contribution in [-0.2, 0) is 4.74 Å². The minimum absolute atomic E-state index is 0.102. The Morgan fingerprint density at radius 3 is 2.79 bits per heavy atom. The SMILES string of the molecule is C=CCN(CCOC)C(=O)c1ccc(N)c(OC)c1. The molecule has 0 spiro atoms. The van der Waals surface area contributed by atoms with Gasteiger partial charge in [0, 0.05) is 25.8 Å². The van der Waals surface area contributed by atoms with Gasteiger partial charge in [0.25, 0.3) is 5.91 Å². The van der Waals surface area contributed by atoms with Gasteiger partial charge in [0.1, 0.15) is 5.75 Å². The second-order valence-corrected chi connectivity index (χ2v) is 3.99. The van der Waals surface area contributed by atoms with Crippen molar-refractivity contribution in [2.24, 2.45) is 0 Å². The van der Waals surface area contributed by atoms with E-state index in [1.54, 1.807) is 36.3 Å². The number of anilines is 1. The molecule has 0 aliphatic rings. The molecule has 0 atom stereocenters. The van der Waals surface area contributed by atoms with E-state index < -0.39 is 0 Å². The van der Waals surface area contributed by atoms with Gasteiger partial charge in [-0.25, -0.2) is 0 Å². The molecule has 0 aromatic heterocycles. The van der Waals surface area contributed by atoms with E-state index in [-0.39, 0.29) is 5.91 Å². The number of rotatable bonds is 7. The average Bonchev–Trinajstić information content (AvgIpc) is 2.43. The van der Waals surface area contributed by atoms with E-state index in [9.17, 15) is 4.79 Å². The zero-order chi connectivity index (χ0) is 14.3. The lowest BCUT2D eigenvalue weighted by molar-refractivity contribution is 0.0718. The number of hydrogen-bond donors (Lipinski definition) is 1. The number of nitrogen functional groups attached to an aromatic ring is 1. The zero-order valence-corrected chi connectivity index (χ0v) is 11.4. The fourth-order valence-electron chi connectivity index (χ4n) is 1.66. The largest absolute Gasteiger partial charge is 0.495 e. The molecule has 0 unspecified atom stereocenters. The Balaban J connectivity index is 2.91. The van der Waals surface area contributed by atoms with Crippen molar-refractivity contribution in [1.29, 1.82) is 0 Å². The fourth-order valence-corrected chi connectivity index (χ4v) is 1.66. The Kier molecular flexibility index (Phi) is 5.89. The molecule has 5 nitrogen and oxygen atoms in total. The van der Waals surface area contributed by atoms with E-state index in [0.29, 0.717) is 36.7 Å². The first-order valence-corrected chi connectivity index (χ1v) is 5.96. The van der Waals surface area contributed by atoms with Crippen LogP contribution in [0.5, 0.6) is 5.75 Å². The average molecular weight is 264 g/mol. The summed E-state index contributed by atoms with van der Waals surface area (Å²) in [7, 11) is 3.12. The highest BCUT2D eigenvalue weighted by molar-refractivity contribution is 5.95. The summed E-state index contributed by atoms with van der Waals surface area (Å²) < 4.78 is 10.1. The third-order valence-electron chi connectivity index (χ3n) is 2.68. The Morgan fingerprint density at radius 2 is 2.21 bits per heavy atom. The second kappa shape index (κ2) is 7.43. The predicted octanol–water partition coefficient (Wildman–Crippen LogP) is 1.55. The van der Waals surface area contributed by atoms with Gasteiger partial charge in [-0.15, -0.1) is 6.58 Å². The van der Waals surface area contributed by atoms with Crippen molar-refractivity contribution in [3.8, 4) is 5.75 Å². The molecule has 0 aliphatic carbocycles. The van der Waals surface area contributed by atoms with Crippen LogP contribution in [0.1, 0.15) is 10.4 Å². The summed E-state index contributed by atoms with van der Waals surface area (Å²) in [6.45, 7) is 5.11. The molecule has 1 rings (SSSR count). The Hall–Kier alpha value is -2.01. The van der Waals surface area contributed by atoms with E-state index in [1.807, 2.05) is 0 Å². The van der Waals surface area contributed by atoms with Crippen molar-refractivity contribution in [3.05, 3.63) is 36.4 Å². The first kappa shape index (κ1) is 15.0. The minimum Gasteiger partial charge on any atom is -0.495 e. The van der Waals surface area contributed by atoms with E-state index in [4.69, 9.17) is 15.2 Å². The van der Waals surface area contributed by atoms with Gasteiger partial charge in [-0.05, 0) is 18.2 Å². The minimum atomic E-state index is -0.102. The Labute approximate surface area is 113 Å². The number of carbonyl (C=O) groups is 1. The van der Waals surface area contributed by atoms with Gasteiger partial charge in [0.05, 0.1) is 19.4 Å². The molecule has 0 saturated heterocycles. The fraction of sp³-hybridized carbons (Fsp3) is 0.357. The van der Waals surface area contributed by atoms with Crippen LogP contribution in [-0.4, -0.2) is 44.7 Å². The van der Waals surface area contributed by atoms with Gasteiger partial charge in [-0.2, -0.15) is 0 Å². The first-order valence-electron chi connectivity index (χ1n) is 5.96. The lowest BCUT2D eigenvalue weighted by Crippen LogP contribution is -2.34. The molecular formula is C14H20N2O3. The quantitative estimate of drug-likeness (QED) is 0.599. The van der Waals surface area contributed by atoms with Crippen LogP contribution < -0.4 is 10.5 Å². The number of nitrogens with zero attached hydrogens (tertiary/aromatic N) is 1. The van der Waals surface area contributed by atoms with Gasteiger partial charge in [0.2, 0.25) is 0 Å². The van der Waals surface area contributed by atoms with Crippen molar-refractivity contribution < 1.29 is 14.3 Å². The predicted molar refractivity (Wildman–Crippen MR) is 75.4 cm³/mol. The summed E-state index contributed by atoms with van der Waals surface area (Å²) in [5, 5.41) is 0. The summed E-state index contributed by atoms with van der Waals surface area (Å²) in [4.78, 5) is 14.0. The molecule has 0 radical (unpaired) electrons. The summed E-state index contributed by atoms with van der Waals surface area (Å²) >= 11 is 0. The number of ether oxygens (including phenoxy) is 2. The third-order valence-corrected chi connectivity index (χ3v) is 2.68. The van der Waals surface area contributed by atoms with Crippen LogP contribution >= 0.6 is 0 Å². The molecule has 0 saturated carbocycles. The van der Waals surface area contributed by atoms with Gasteiger partial charge < -0.3 is 20.1 Å². The lowest BCUT2D eigenvalue weighted by atomic mass is 10.1. The van der Waals surface area contributed by atoms with E-state index >= 15 is 0 Å². The zero-order valence-electron chi connectivity index (χ0n) is 11.4. The van der Waals surface area contributed by atoms with Crippen LogP contribution in [0.15, 0.2) is 30.9 Å². The lowest BCUT2D eigenvalue weighted by Gasteiger charge is -2.21. The maximum Gasteiger partial charge on any atom is 0.254 e. The molecule has 2 N–H and O–H groups in total. The first-order chi connectivity index (χ1) is 9.13. The second-order valence-electron chi connectivity index (χ2n) is 3.99. The van der Waals surface area contributed by atoms with Crippen LogP contribution in [0.3, 0.4) is 0 Å². The number of carbonyl (C=O) groups excluding carboxylic acids is 1. The molecular weight excluding hydrogens is 244 g/mol. The number of amides is 1. The van der Waals surface area contributed by atoms with Gasteiger partial charge in [-0.1, -0.05) is 6.08 Å². The molecule has 0 fully saturated rings. The van der Waals surface area contributed by atoms with Crippen LogP contribution in [0.2, 0.25) is 0 Å². The topological polar surface area (TPSA) is 64.8 Å². The smallest absolute Gasteiger partial charge is 0.254 e. The number of nitrogens with two attached hydrogens (primary N) is 1. The number of hydrogen-bond acceptors (Lipinski definition) is 4. The maximum atomic E-state index is 12.3. The van der Waals surface area contributed by atoms with E-state index in [0.717, 1.165) is 0 Å². The molecule has 104 valence electrons. The molecule has 0 bridgehead atoms. The van der Waals surface area contributed by atoms with Crippen molar-refractivity contribution in [3.63, 3.8) is 0 Å². The summed E-state index contributed by atoms with van der Waals surface area (Å²) in [6, 6.07) is 4.98. The van der Waals surface area contributed by atoms with E-state index in [1.165, 1.54) is 7.11 Å². The molecule has 1 amide bonds. The van der Waals surface area contributed by atoms with Gasteiger partial charge >= 0.3 is 0 Å². The Morgan fingerprint density at radius 1 is 1.47 bits per heavy atom.